The quantitative estimate of drug-likeness (QED) is 0.253. The summed E-state index contributed by atoms with van der Waals surface area (Å²) < 4.78 is 0. The molecule has 5 aliphatic carbocycles. The van der Waals surface area contributed by atoms with Crippen LogP contribution in [0.2, 0.25) is 0 Å². The molecule has 10 rings (SSSR count). The van der Waals surface area contributed by atoms with Crippen molar-refractivity contribution in [3.63, 3.8) is 0 Å². The molecule has 0 aromatic heterocycles. The normalized spacial score (nSPS) is 32.3. The van der Waals surface area contributed by atoms with Crippen molar-refractivity contribution in [3.8, 4) is 11.1 Å². The van der Waals surface area contributed by atoms with Crippen LogP contribution in [0.15, 0.2) is 168 Å². The Labute approximate surface area is 298 Å². The van der Waals surface area contributed by atoms with Crippen LogP contribution in [-0.2, 0) is 0 Å². The number of rotatable bonds is 5. The molecule has 0 N–H and O–H groups in total. The highest BCUT2D eigenvalue weighted by molar-refractivity contribution is 5.69. The second-order valence-corrected chi connectivity index (χ2v) is 15.7. The van der Waals surface area contributed by atoms with Gasteiger partial charge in [-0.05, 0) is 103 Å². The van der Waals surface area contributed by atoms with Crippen LogP contribution < -0.4 is 4.90 Å². The molecule has 8 unspecified atom stereocenters. The third-order valence-electron chi connectivity index (χ3n) is 13.1. The second kappa shape index (κ2) is 12.6. The summed E-state index contributed by atoms with van der Waals surface area (Å²) in [5.74, 6) is 2.79. The standard InChI is InChI=1S/C48H48N2/c1-3-12-33(13-4-1)35-22-26-39(27-23-35)49-45-20-9-7-18-41(45)43-28-24-37(31-47(43)49)38-25-29-44-42-19-8-10-21-46(42)50(48(44)32-38)40-17-11-16-36(30-40)34-14-5-2-6-15-34/h1-7,10,12-15,17-18,21-29,32,36-37,41-42,44-46,48H,8-9,11,16,19-20,30-31H2. The van der Waals surface area contributed by atoms with E-state index in [0.717, 1.165) is 19.3 Å². The topological polar surface area (TPSA) is 6.48 Å². The fraction of sp³-hybridized carbons (Fsp3) is 0.333. The average molecular weight is 653 g/mol. The lowest BCUT2D eigenvalue weighted by atomic mass is 9.76. The zero-order chi connectivity index (χ0) is 33.0. The fourth-order valence-corrected chi connectivity index (χ4v) is 10.7. The van der Waals surface area contributed by atoms with E-state index in [9.17, 15) is 0 Å². The Morgan fingerprint density at radius 3 is 2.26 bits per heavy atom. The summed E-state index contributed by atoms with van der Waals surface area (Å²) in [5.41, 5.74) is 11.6. The Kier molecular flexibility index (Phi) is 7.66. The van der Waals surface area contributed by atoms with Gasteiger partial charge in [-0.25, -0.2) is 0 Å². The van der Waals surface area contributed by atoms with Crippen molar-refractivity contribution in [3.05, 3.63) is 174 Å². The molecule has 0 saturated carbocycles. The van der Waals surface area contributed by atoms with Gasteiger partial charge in [0.05, 0.1) is 12.1 Å². The van der Waals surface area contributed by atoms with Gasteiger partial charge in [0.2, 0.25) is 0 Å². The maximum Gasteiger partial charge on any atom is 0.0548 e. The molecule has 2 nitrogen and oxygen atoms in total. The van der Waals surface area contributed by atoms with Gasteiger partial charge in [0.1, 0.15) is 0 Å². The van der Waals surface area contributed by atoms with Crippen LogP contribution in [0.5, 0.6) is 0 Å². The maximum absolute atomic E-state index is 2.89. The highest BCUT2D eigenvalue weighted by atomic mass is 15.2. The molecule has 3 aromatic rings. The third kappa shape index (κ3) is 5.13. The Hall–Kier alpha value is -4.56. The summed E-state index contributed by atoms with van der Waals surface area (Å²) in [6.45, 7) is 0. The number of anilines is 1. The van der Waals surface area contributed by atoms with Crippen LogP contribution in [0.1, 0.15) is 62.8 Å². The van der Waals surface area contributed by atoms with Gasteiger partial charge >= 0.3 is 0 Å². The average Bonchev–Trinajstić information content (AvgIpc) is 3.71. The van der Waals surface area contributed by atoms with E-state index in [1.54, 1.807) is 17.0 Å². The first-order chi connectivity index (χ1) is 24.8. The number of benzene rings is 3. The molecule has 0 amide bonds. The summed E-state index contributed by atoms with van der Waals surface area (Å²) in [5, 5.41) is 0. The summed E-state index contributed by atoms with van der Waals surface area (Å²) >= 11 is 0. The van der Waals surface area contributed by atoms with E-state index in [0.29, 0.717) is 47.7 Å². The highest BCUT2D eigenvalue weighted by Crippen LogP contribution is 2.52. The molecule has 0 bridgehead atoms. The van der Waals surface area contributed by atoms with Crippen molar-refractivity contribution >= 4 is 5.69 Å². The van der Waals surface area contributed by atoms with Gasteiger partial charge in [-0.1, -0.05) is 134 Å². The molecule has 2 heteroatoms. The summed E-state index contributed by atoms with van der Waals surface area (Å²) in [4.78, 5) is 5.62. The van der Waals surface area contributed by atoms with Crippen molar-refractivity contribution in [1.82, 2.24) is 4.90 Å². The summed E-state index contributed by atoms with van der Waals surface area (Å²) in [6.07, 6.45) is 35.0. The van der Waals surface area contributed by atoms with E-state index >= 15 is 0 Å². The first kappa shape index (κ1) is 30.3. The molecule has 50 heavy (non-hydrogen) atoms. The molecule has 3 aromatic carbocycles. The van der Waals surface area contributed by atoms with Gasteiger partial charge in [0.25, 0.3) is 0 Å². The van der Waals surface area contributed by atoms with E-state index < -0.39 is 0 Å². The largest absolute Gasteiger partial charge is 0.361 e. The Morgan fingerprint density at radius 2 is 1.40 bits per heavy atom. The molecule has 2 heterocycles. The first-order valence-corrected chi connectivity index (χ1v) is 19.4. The summed E-state index contributed by atoms with van der Waals surface area (Å²) in [7, 11) is 0. The molecule has 250 valence electrons. The van der Waals surface area contributed by atoms with Gasteiger partial charge in [-0.2, -0.15) is 0 Å². The molecular formula is C48H48N2. The van der Waals surface area contributed by atoms with Gasteiger partial charge in [0.15, 0.2) is 0 Å². The van der Waals surface area contributed by atoms with E-state index in [2.05, 4.69) is 155 Å². The van der Waals surface area contributed by atoms with Gasteiger partial charge in [0, 0.05) is 40.9 Å². The van der Waals surface area contributed by atoms with E-state index in [1.165, 1.54) is 60.1 Å². The number of hydrogen-bond donors (Lipinski definition) is 0. The van der Waals surface area contributed by atoms with Crippen molar-refractivity contribution < 1.29 is 0 Å². The van der Waals surface area contributed by atoms with Crippen LogP contribution >= 0.6 is 0 Å². The molecule has 0 spiro atoms. The molecule has 1 fully saturated rings. The molecule has 2 aliphatic heterocycles. The third-order valence-corrected chi connectivity index (χ3v) is 13.1. The van der Waals surface area contributed by atoms with Crippen molar-refractivity contribution in [2.45, 2.75) is 75.4 Å². The number of fused-ring (bicyclic) bond motifs is 5. The lowest BCUT2D eigenvalue weighted by Gasteiger charge is -2.39. The number of likely N-dealkylation sites (tertiary alicyclic amines) is 1. The minimum absolute atomic E-state index is 0.401. The predicted octanol–water partition coefficient (Wildman–Crippen LogP) is 11.3. The molecule has 7 aliphatic rings. The Bertz CT molecular complexity index is 1950. The predicted molar refractivity (Wildman–Crippen MR) is 207 cm³/mol. The van der Waals surface area contributed by atoms with Crippen molar-refractivity contribution in [1.29, 1.82) is 0 Å². The van der Waals surface area contributed by atoms with Crippen LogP contribution in [0.25, 0.3) is 11.1 Å². The van der Waals surface area contributed by atoms with Gasteiger partial charge in [-0.3, -0.25) is 0 Å². The van der Waals surface area contributed by atoms with E-state index in [4.69, 9.17) is 0 Å². The molecule has 0 radical (unpaired) electrons. The minimum Gasteiger partial charge on any atom is -0.361 e. The SMILES string of the molecule is C1=CC2C(CC1)C1C=CC(C3C=CC4=C(C3)N(c3ccc(-c5ccccc5)cc3)C3CCC=CC43)=CC1N2C1=CCCC(c2ccccc2)C1. The second-order valence-electron chi connectivity index (χ2n) is 15.7. The summed E-state index contributed by atoms with van der Waals surface area (Å²) in [6, 6.07) is 32.9. The van der Waals surface area contributed by atoms with Crippen LogP contribution in [-0.4, -0.2) is 23.0 Å². The van der Waals surface area contributed by atoms with Gasteiger partial charge < -0.3 is 9.80 Å². The van der Waals surface area contributed by atoms with Crippen LogP contribution in [0, 0.1) is 23.7 Å². The highest BCUT2D eigenvalue weighted by Gasteiger charge is 2.49. The van der Waals surface area contributed by atoms with Crippen molar-refractivity contribution in [2.75, 3.05) is 4.90 Å². The van der Waals surface area contributed by atoms with Crippen LogP contribution in [0.3, 0.4) is 0 Å². The minimum atomic E-state index is 0.401. The number of nitrogens with zero attached hydrogens (tertiary/aromatic N) is 2. The zero-order valence-corrected chi connectivity index (χ0v) is 29.0. The maximum atomic E-state index is 2.89. The van der Waals surface area contributed by atoms with Crippen LogP contribution in [0.4, 0.5) is 5.69 Å². The zero-order valence-electron chi connectivity index (χ0n) is 29.0. The Balaban J connectivity index is 0.953. The Morgan fingerprint density at radius 1 is 0.620 bits per heavy atom. The van der Waals surface area contributed by atoms with E-state index in [1.807, 2.05) is 0 Å². The molecular weight excluding hydrogens is 605 g/mol. The number of hydrogen-bond acceptors (Lipinski definition) is 2. The number of allylic oxidation sites excluding steroid dienone is 9. The molecule has 1 saturated heterocycles. The molecule has 8 atom stereocenters. The fourth-order valence-electron chi connectivity index (χ4n) is 10.7. The van der Waals surface area contributed by atoms with Crippen molar-refractivity contribution in [2.24, 2.45) is 23.7 Å². The smallest absolute Gasteiger partial charge is 0.0548 e. The lowest BCUT2D eigenvalue weighted by Crippen LogP contribution is -2.38. The monoisotopic (exact) mass is 652 g/mol. The van der Waals surface area contributed by atoms with Gasteiger partial charge in [-0.15, -0.1) is 0 Å². The lowest BCUT2D eigenvalue weighted by molar-refractivity contribution is 0.266. The van der Waals surface area contributed by atoms with E-state index in [-0.39, 0.29) is 0 Å². The first-order valence-electron chi connectivity index (χ1n) is 19.4.